The maximum absolute atomic E-state index is 6.02. The maximum Gasteiger partial charge on any atom is 0.134 e. The second-order valence-electron chi connectivity index (χ2n) is 4.57. The minimum Gasteiger partial charge on any atom is -0.488 e. The molecule has 2 aromatic rings. The number of hydrogen-bond donors (Lipinski definition) is 0. The fourth-order valence-corrected chi connectivity index (χ4v) is 2.81. The van der Waals surface area contributed by atoms with E-state index in [1.54, 1.807) is 0 Å². The number of halogens is 1. The molecule has 17 heavy (non-hydrogen) atoms. The van der Waals surface area contributed by atoms with Gasteiger partial charge in [0.1, 0.15) is 11.9 Å². The van der Waals surface area contributed by atoms with Crippen LogP contribution in [0, 0.1) is 13.8 Å². The molecule has 0 radical (unpaired) electrons. The Morgan fingerprint density at radius 2 is 2.24 bits per heavy atom. The number of nitrogens with zero attached hydrogens (tertiary/aromatic N) is 1. The number of alkyl halides is 1. The molecule has 0 saturated heterocycles. The molecule has 1 aromatic carbocycles. The normalized spacial score (nSPS) is 18.2. The van der Waals surface area contributed by atoms with Crippen molar-refractivity contribution in [3.8, 4) is 5.75 Å². The quantitative estimate of drug-likeness (QED) is 0.750. The molecular weight excluding hydrogens is 278 g/mol. The lowest BCUT2D eigenvalue weighted by molar-refractivity contribution is 0.263. The first kappa shape index (κ1) is 11.0. The van der Waals surface area contributed by atoms with E-state index in [2.05, 4.69) is 48.0 Å². The highest BCUT2D eigenvalue weighted by Crippen LogP contribution is 2.38. The number of aromatic nitrogens is 1. The summed E-state index contributed by atoms with van der Waals surface area (Å²) in [5, 5.41) is 2.02. The Labute approximate surface area is 109 Å². The van der Waals surface area contributed by atoms with Gasteiger partial charge in [-0.1, -0.05) is 28.1 Å². The van der Waals surface area contributed by atoms with E-state index >= 15 is 0 Å². The predicted molar refractivity (Wildman–Crippen MR) is 73.1 cm³/mol. The molecule has 1 aliphatic rings. The Morgan fingerprint density at radius 1 is 1.41 bits per heavy atom. The van der Waals surface area contributed by atoms with Gasteiger partial charge in [-0.15, -0.1) is 0 Å². The van der Waals surface area contributed by atoms with E-state index in [9.17, 15) is 0 Å². The van der Waals surface area contributed by atoms with Gasteiger partial charge in [-0.05, 0) is 25.5 Å². The van der Waals surface area contributed by atoms with Gasteiger partial charge in [0.2, 0.25) is 0 Å². The van der Waals surface area contributed by atoms with E-state index in [-0.39, 0.29) is 6.10 Å². The molecule has 0 saturated carbocycles. The molecule has 0 amide bonds. The van der Waals surface area contributed by atoms with Crippen molar-refractivity contribution in [1.82, 2.24) is 4.98 Å². The van der Waals surface area contributed by atoms with Crippen molar-refractivity contribution in [3.63, 3.8) is 0 Å². The van der Waals surface area contributed by atoms with Gasteiger partial charge in [-0.2, -0.15) is 0 Å². The van der Waals surface area contributed by atoms with E-state index < -0.39 is 0 Å². The van der Waals surface area contributed by atoms with Crippen LogP contribution < -0.4 is 4.74 Å². The summed E-state index contributed by atoms with van der Waals surface area (Å²) in [5.74, 6) is 1.04. The molecule has 2 heterocycles. The lowest BCUT2D eigenvalue weighted by Crippen LogP contribution is -2.13. The van der Waals surface area contributed by atoms with Crippen molar-refractivity contribution in [3.05, 3.63) is 35.0 Å². The number of pyridine rings is 1. The summed E-state index contributed by atoms with van der Waals surface area (Å²) in [6.45, 7) is 4.17. The van der Waals surface area contributed by atoms with Gasteiger partial charge in [-0.3, -0.25) is 4.98 Å². The Balaban J connectivity index is 2.30. The van der Waals surface area contributed by atoms with E-state index in [1.165, 1.54) is 11.1 Å². The van der Waals surface area contributed by atoms with Crippen LogP contribution in [-0.4, -0.2) is 16.4 Å². The third-order valence-electron chi connectivity index (χ3n) is 3.36. The van der Waals surface area contributed by atoms with Gasteiger partial charge >= 0.3 is 0 Å². The Hall–Kier alpha value is -1.09. The van der Waals surface area contributed by atoms with E-state index in [4.69, 9.17) is 9.72 Å². The van der Waals surface area contributed by atoms with E-state index in [0.717, 1.165) is 34.1 Å². The summed E-state index contributed by atoms with van der Waals surface area (Å²) < 4.78 is 6.02. The molecule has 0 spiro atoms. The average molecular weight is 292 g/mol. The lowest BCUT2D eigenvalue weighted by atomic mass is 10.0. The molecule has 0 bridgehead atoms. The van der Waals surface area contributed by atoms with Crippen molar-refractivity contribution >= 4 is 26.8 Å². The SMILES string of the molecule is Cc1nc2c(C)cccc2c2c1C[C@H](CBr)O2. The van der Waals surface area contributed by atoms with Crippen molar-refractivity contribution in [2.45, 2.75) is 26.4 Å². The smallest absolute Gasteiger partial charge is 0.134 e. The number of para-hydroxylation sites is 1. The Morgan fingerprint density at radius 3 is 3.00 bits per heavy atom. The highest BCUT2D eigenvalue weighted by atomic mass is 79.9. The van der Waals surface area contributed by atoms with Crippen molar-refractivity contribution in [2.24, 2.45) is 0 Å². The Kier molecular flexibility index (Phi) is 2.58. The van der Waals surface area contributed by atoms with Crippen molar-refractivity contribution in [1.29, 1.82) is 0 Å². The summed E-state index contributed by atoms with van der Waals surface area (Å²) in [6, 6.07) is 6.27. The van der Waals surface area contributed by atoms with Gasteiger partial charge < -0.3 is 4.74 Å². The highest BCUT2D eigenvalue weighted by Gasteiger charge is 2.26. The summed E-state index contributed by atoms with van der Waals surface area (Å²) in [6.07, 6.45) is 1.21. The third-order valence-corrected chi connectivity index (χ3v) is 4.08. The topological polar surface area (TPSA) is 22.1 Å². The number of aryl methyl sites for hydroxylation is 2. The number of rotatable bonds is 1. The molecule has 1 aromatic heterocycles. The monoisotopic (exact) mass is 291 g/mol. The van der Waals surface area contributed by atoms with Crippen LogP contribution in [0.25, 0.3) is 10.9 Å². The lowest BCUT2D eigenvalue weighted by Gasteiger charge is -2.09. The van der Waals surface area contributed by atoms with Gasteiger partial charge in [0.15, 0.2) is 0 Å². The van der Waals surface area contributed by atoms with Crippen LogP contribution >= 0.6 is 15.9 Å². The summed E-state index contributed by atoms with van der Waals surface area (Å²) >= 11 is 3.49. The number of ether oxygens (including phenoxy) is 1. The first-order valence-electron chi connectivity index (χ1n) is 5.82. The molecule has 3 heteroatoms. The second-order valence-corrected chi connectivity index (χ2v) is 5.22. The van der Waals surface area contributed by atoms with Crippen LogP contribution in [0.2, 0.25) is 0 Å². The van der Waals surface area contributed by atoms with Crippen LogP contribution in [0.15, 0.2) is 18.2 Å². The van der Waals surface area contributed by atoms with Crippen molar-refractivity contribution in [2.75, 3.05) is 5.33 Å². The fraction of sp³-hybridized carbons (Fsp3) is 0.357. The third kappa shape index (κ3) is 1.64. The molecule has 88 valence electrons. The molecule has 0 fully saturated rings. The van der Waals surface area contributed by atoms with Gasteiger partial charge in [0.25, 0.3) is 0 Å². The van der Waals surface area contributed by atoms with Crippen LogP contribution in [0.3, 0.4) is 0 Å². The molecule has 0 aliphatic carbocycles. The number of hydrogen-bond acceptors (Lipinski definition) is 2. The first-order chi connectivity index (χ1) is 8.20. The zero-order valence-electron chi connectivity index (χ0n) is 9.96. The molecule has 2 nitrogen and oxygen atoms in total. The molecule has 0 unspecified atom stereocenters. The number of benzene rings is 1. The van der Waals surface area contributed by atoms with Crippen LogP contribution in [-0.2, 0) is 6.42 Å². The van der Waals surface area contributed by atoms with Crippen LogP contribution in [0.4, 0.5) is 0 Å². The molecule has 3 rings (SSSR count). The van der Waals surface area contributed by atoms with Gasteiger partial charge in [0.05, 0.1) is 5.52 Å². The largest absolute Gasteiger partial charge is 0.488 e. The summed E-state index contributed by atoms with van der Waals surface area (Å²) in [4.78, 5) is 4.72. The minimum atomic E-state index is 0.247. The minimum absolute atomic E-state index is 0.247. The standard InChI is InChI=1S/C14H14BrNO/c1-8-4-3-5-11-13(8)16-9(2)12-6-10(7-15)17-14(11)12/h3-5,10H,6-7H2,1-2H3/t10-/m1/s1. The Bertz CT molecular complexity index is 594. The summed E-state index contributed by atoms with van der Waals surface area (Å²) in [5.41, 5.74) is 4.65. The van der Waals surface area contributed by atoms with Crippen molar-refractivity contribution < 1.29 is 4.74 Å². The average Bonchev–Trinajstić information content (AvgIpc) is 2.76. The second kappa shape index (κ2) is 3.98. The maximum atomic E-state index is 6.02. The molecule has 1 atom stereocenters. The molecule has 1 aliphatic heterocycles. The predicted octanol–water partition coefficient (Wildman–Crippen LogP) is 3.55. The van der Waals surface area contributed by atoms with Gasteiger partial charge in [0, 0.05) is 28.4 Å². The van der Waals surface area contributed by atoms with E-state index in [0.29, 0.717) is 0 Å². The zero-order chi connectivity index (χ0) is 12.0. The van der Waals surface area contributed by atoms with Crippen LogP contribution in [0.1, 0.15) is 16.8 Å². The van der Waals surface area contributed by atoms with E-state index in [1.807, 2.05) is 0 Å². The number of fused-ring (bicyclic) bond motifs is 3. The molecule has 0 N–H and O–H groups in total. The first-order valence-corrected chi connectivity index (χ1v) is 6.94. The van der Waals surface area contributed by atoms with Gasteiger partial charge in [-0.25, -0.2) is 0 Å². The summed E-state index contributed by atoms with van der Waals surface area (Å²) in [7, 11) is 0. The van der Waals surface area contributed by atoms with Crippen LogP contribution in [0.5, 0.6) is 5.75 Å². The fourth-order valence-electron chi connectivity index (χ4n) is 2.45. The molecular formula is C14H14BrNO. The zero-order valence-corrected chi connectivity index (χ0v) is 11.5. The highest BCUT2D eigenvalue weighted by molar-refractivity contribution is 9.09.